The van der Waals surface area contributed by atoms with Gasteiger partial charge in [-0.1, -0.05) is 65.7 Å². The van der Waals surface area contributed by atoms with Crippen LogP contribution in [0.3, 0.4) is 0 Å². The van der Waals surface area contributed by atoms with Crippen LogP contribution in [-0.4, -0.2) is 11.1 Å². The summed E-state index contributed by atoms with van der Waals surface area (Å²) in [6, 6.07) is 18.1. The van der Waals surface area contributed by atoms with E-state index in [0.29, 0.717) is 0 Å². The highest BCUT2D eigenvalue weighted by molar-refractivity contribution is 5.85. The summed E-state index contributed by atoms with van der Waals surface area (Å²) in [4.78, 5) is 11.0. The summed E-state index contributed by atoms with van der Waals surface area (Å²) in [6.45, 7) is 3.93. The molecular formula is C18H18O2. The Bertz CT molecular complexity index is 622. The average molecular weight is 266 g/mol. The van der Waals surface area contributed by atoms with Crippen LogP contribution in [0.4, 0.5) is 0 Å². The quantitative estimate of drug-likeness (QED) is 0.896. The summed E-state index contributed by atoms with van der Waals surface area (Å²) >= 11 is 0. The maximum atomic E-state index is 11.0. The number of carboxylic acid groups (broad SMARTS) is 1. The van der Waals surface area contributed by atoms with Gasteiger partial charge in [0.15, 0.2) is 0 Å². The molecule has 0 atom stereocenters. The first-order chi connectivity index (χ1) is 9.58. The van der Waals surface area contributed by atoms with E-state index in [9.17, 15) is 4.79 Å². The van der Waals surface area contributed by atoms with E-state index < -0.39 is 5.97 Å². The van der Waals surface area contributed by atoms with Gasteiger partial charge in [0.25, 0.3) is 0 Å². The summed E-state index contributed by atoms with van der Waals surface area (Å²) in [5.74, 6) is -0.803. The largest absolute Gasteiger partial charge is 0.481 e. The lowest BCUT2D eigenvalue weighted by Gasteiger charge is -2.13. The first kappa shape index (κ1) is 14.1. The zero-order chi connectivity index (χ0) is 14.5. The number of carbonyl (C=O) groups is 1. The number of aliphatic carboxylic acids is 1. The van der Waals surface area contributed by atoms with Crippen molar-refractivity contribution in [1.29, 1.82) is 0 Å². The molecule has 0 bridgehead atoms. The second kappa shape index (κ2) is 6.20. The molecule has 2 nitrogen and oxygen atoms in total. The van der Waals surface area contributed by atoms with Gasteiger partial charge in [-0.05, 0) is 30.5 Å². The molecule has 0 unspecified atom stereocenters. The van der Waals surface area contributed by atoms with Gasteiger partial charge in [0.2, 0.25) is 0 Å². The number of hydrogen-bond donors (Lipinski definition) is 1. The van der Waals surface area contributed by atoms with Crippen LogP contribution in [-0.2, 0) is 4.79 Å². The Morgan fingerprint density at radius 1 is 0.950 bits per heavy atom. The summed E-state index contributed by atoms with van der Waals surface area (Å²) in [5, 5.41) is 9.04. The summed E-state index contributed by atoms with van der Waals surface area (Å²) in [5.41, 5.74) is 5.17. The Hall–Kier alpha value is -2.35. The Labute approximate surface area is 119 Å². The molecule has 20 heavy (non-hydrogen) atoms. The maximum absolute atomic E-state index is 11.0. The molecular weight excluding hydrogens is 248 g/mol. The summed E-state index contributed by atoms with van der Waals surface area (Å²) < 4.78 is 0. The molecule has 0 aliphatic rings. The molecule has 2 aromatic carbocycles. The minimum atomic E-state index is -0.803. The molecule has 0 spiro atoms. The van der Waals surface area contributed by atoms with Crippen LogP contribution in [0, 0.1) is 6.92 Å². The van der Waals surface area contributed by atoms with E-state index in [0.717, 1.165) is 22.3 Å². The lowest BCUT2D eigenvalue weighted by Crippen LogP contribution is -1.99. The van der Waals surface area contributed by atoms with Gasteiger partial charge in [-0.15, -0.1) is 0 Å². The Kier molecular flexibility index (Phi) is 4.36. The van der Waals surface area contributed by atoms with Crippen molar-refractivity contribution in [3.63, 3.8) is 0 Å². The molecule has 0 saturated carbocycles. The second-order valence-electron chi connectivity index (χ2n) is 4.96. The van der Waals surface area contributed by atoms with E-state index in [4.69, 9.17) is 5.11 Å². The fraction of sp³-hybridized carbons (Fsp3) is 0.167. The molecule has 0 saturated heterocycles. The van der Waals surface area contributed by atoms with Gasteiger partial charge >= 0.3 is 5.97 Å². The van der Waals surface area contributed by atoms with Crippen LogP contribution in [0.15, 0.2) is 60.2 Å². The maximum Gasteiger partial charge on any atom is 0.307 e. The predicted octanol–water partition coefficient (Wildman–Crippen LogP) is 4.29. The van der Waals surface area contributed by atoms with E-state index in [1.807, 2.05) is 68.4 Å². The first-order valence-corrected chi connectivity index (χ1v) is 6.62. The van der Waals surface area contributed by atoms with Gasteiger partial charge in [0.1, 0.15) is 0 Å². The van der Waals surface area contributed by atoms with E-state index in [-0.39, 0.29) is 6.42 Å². The Balaban J connectivity index is 2.55. The fourth-order valence-electron chi connectivity index (χ4n) is 2.30. The van der Waals surface area contributed by atoms with Gasteiger partial charge in [-0.3, -0.25) is 4.79 Å². The number of rotatable bonds is 4. The molecule has 0 aliphatic heterocycles. The van der Waals surface area contributed by atoms with Crippen molar-refractivity contribution in [1.82, 2.24) is 0 Å². The fourth-order valence-corrected chi connectivity index (χ4v) is 2.30. The Morgan fingerprint density at radius 2 is 1.50 bits per heavy atom. The van der Waals surface area contributed by atoms with Crippen LogP contribution in [0.1, 0.15) is 30.0 Å². The van der Waals surface area contributed by atoms with E-state index in [2.05, 4.69) is 0 Å². The van der Waals surface area contributed by atoms with Gasteiger partial charge in [-0.2, -0.15) is 0 Å². The average Bonchev–Trinajstić information content (AvgIpc) is 2.42. The number of hydrogen-bond acceptors (Lipinski definition) is 1. The summed E-state index contributed by atoms with van der Waals surface area (Å²) in [7, 11) is 0. The zero-order valence-electron chi connectivity index (χ0n) is 11.8. The molecule has 0 radical (unpaired) electrons. The normalized spacial score (nSPS) is 11.9. The zero-order valence-corrected chi connectivity index (χ0v) is 11.8. The topological polar surface area (TPSA) is 37.3 Å². The predicted molar refractivity (Wildman–Crippen MR) is 81.6 cm³/mol. The standard InChI is InChI=1S/C18H18O2/c1-13-8-10-16(11-9-13)18(14(2)12-17(19)20)15-6-4-3-5-7-15/h3-11H,12H2,1-2H3,(H,19,20)/b18-14-. The highest BCUT2D eigenvalue weighted by Crippen LogP contribution is 2.28. The van der Waals surface area contributed by atoms with Crippen LogP contribution in [0.2, 0.25) is 0 Å². The third kappa shape index (κ3) is 3.35. The molecule has 2 heteroatoms. The smallest absolute Gasteiger partial charge is 0.307 e. The highest BCUT2D eigenvalue weighted by atomic mass is 16.4. The van der Waals surface area contributed by atoms with Crippen molar-refractivity contribution < 1.29 is 9.90 Å². The van der Waals surface area contributed by atoms with E-state index in [1.54, 1.807) is 0 Å². The van der Waals surface area contributed by atoms with Crippen molar-refractivity contribution in [2.75, 3.05) is 0 Å². The van der Waals surface area contributed by atoms with Gasteiger partial charge in [0, 0.05) is 0 Å². The van der Waals surface area contributed by atoms with Crippen molar-refractivity contribution in [3.8, 4) is 0 Å². The molecule has 1 N–H and O–H groups in total. The minimum Gasteiger partial charge on any atom is -0.481 e. The van der Waals surface area contributed by atoms with Gasteiger partial charge < -0.3 is 5.11 Å². The monoisotopic (exact) mass is 266 g/mol. The lowest BCUT2D eigenvalue weighted by atomic mass is 9.92. The lowest BCUT2D eigenvalue weighted by molar-refractivity contribution is -0.136. The molecule has 0 aromatic heterocycles. The van der Waals surface area contributed by atoms with Crippen LogP contribution >= 0.6 is 0 Å². The van der Waals surface area contributed by atoms with Crippen molar-refractivity contribution >= 4 is 11.5 Å². The van der Waals surface area contributed by atoms with Gasteiger partial charge in [0.05, 0.1) is 6.42 Å². The van der Waals surface area contributed by atoms with E-state index in [1.165, 1.54) is 5.56 Å². The van der Waals surface area contributed by atoms with Crippen molar-refractivity contribution in [2.24, 2.45) is 0 Å². The number of benzene rings is 2. The third-order valence-corrected chi connectivity index (χ3v) is 3.25. The molecule has 0 fully saturated rings. The number of aryl methyl sites for hydroxylation is 1. The van der Waals surface area contributed by atoms with E-state index >= 15 is 0 Å². The third-order valence-electron chi connectivity index (χ3n) is 3.25. The molecule has 102 valence electrons. The Morgan fingerprint density at radius 3 is 2.05 bits per heavy atom. The molecule has 0 aliphatic carbocycles. The molecule has 2 aromatic rings. The van der Waals surface area contributed by atoms with Crippen molar-refractivity contribution in [2.45, 2.75) is 20.3 Å². The van der Waals surface area contributed by atoms with Crippen LogP contribution < -0.4 is 0 Å². The summed E-state index contributed by atoms with van der Waals surface area (Å²) in [6.07, 6.45) is 0.0537. The molecule has 0 heterocycles. The minimum absolute atomic E-state index is 0.0537. The SMILES string of the molecule is C/C(CC(=O)O)=C(\c1ccccc1)c1ccc(C)cc1. The second-order valence-corrected chi connectivity index (χ2v) is 4.96. The van der Waals surface area contributed by atoms with Crippen LogP contribution in [0.25, 0.3) is 5.57 Å². The molecule has 2 rings (SSSR count). The highest BCUT2D eigenvalue weighted by Gasteiger charge is 2.11. The molecule has 0 amide bonds. The van der Waals surface area contributed by atoms with Crippen molar-refractivity contribution in [3.05, 3.63) is 76.9 Å². The first-order valence-electron chi connectivity index (χ1n) is 6.62. The van der Waals surface area contributed by atoms with Gasteiger partial charge in [-0.25, -0.2) is 0 Å². The number of carboxylic acids is 1. The van der Waals surface area contributed by atoms with Crippen LogP contribution in [0.5, 0.6) is 0 Å².